The summed E-state index contributed by atoms with van der Waals surface area (Å²) in [6.07, 6.45) is 1.56. The second-order valence-electron chi connectivity index (χ2n) is 3.88. The molecule has 0 unspecified atom stereocenters. The van der Waals surface area contributed by atoms with Gasteiger partial charge in [-0.1, -0.05) is 12.1 Å². The van der Waals surface area contributed by atoms with Crippen molar-refractivity contribution in [2.75, 3.05) is 13.8 Å². The van der Waals surface area contributed by atoms with Crippen LogP contribution >= 0.6 is 0 Å². The summed E-state index contributed by atoms with van der Waals surface area (Å²) in [4.78, 5) is 11.5. The SMILES string of the molecule is COc1ccccc1OCNC(=O)NCc1ccco1. The Morgan fingerprint density at radius 1 is 1.15 bits per heavy atom. The number of para-hydroxylation sites is 2. The van der Waals surface area contributed by atoms with Crippen molar-refractivity contribution in [3.05, 3.63) is 48.4 Å². The molecule has 1 heterocycles. The Morgan fingerprint density at radius 2 is 1.95 bits per heavy atom. The van der Waals surface area contributed by atoms with Gasteiger partial charge in [0, 0.05) is 0 Å². The van der Waals surface area contributed by atoms with Crippen molar-refractivity contribution in [3.8, 4) is 11.5 Å². The summed E-state index contributed by atoms with van der Waals surface area (Å²) in [5, 5.41) is 5.22. The average Bonchev–Trinajstić information content (AvgIpc) is 2.99. The molecular formula is C14H16N2O4. The van der Waals surface area contributed by atoms with Crippen molar-refractivity contribution < 1.29 is 18.7 Å². The molecular weight excluding hydrogens is 260 g/mol. The zero-order chi connectivity index (χ0) is 14.2. The Bertz CT molecular complexity index is 540. The van der Waals surface area contributed by atoms with E-state index in [-0.39, 0.29) is 12.8 Å². The van der Waals surface area contributed by atoms with Gasteiger partial charge in [-0.25, -0.2) is 4.79 Å². The summed E-state index contributed by atoms with van der Waals surface area (Å²) in [6, 6.07) is 10.4. The lowest BCUT2D eigenvalue weighted by Gasteiger charge is -2.11. The van der Waals surface area contributed by atoms with Gasteiger partial charge in [0.25, 0.3) is 0 Å². The first-order valence-corrected chi connectivity index (χ1v) is 6.09. The van der Waals surface area contributed by atoms with Crippen molar-refractivity contribution in [2.24, 2.45) is 0 Å². The Kier molecular flexibility index (Phi) is 4.88. The van der Waals surface area contributed by atoms with Gasteiger partial charge in [0.15, 0.2) is 18.2 Å². The monoisotopic (exact) mass is 276 g/mol. The predicted molar refractivity (Wildman–Crippen MR) is 72.6 cm³/mol. The molecule has 0 atom stereocenters. The molecule has 0 aliphatic rings. The van der Waals surface area contributed by atoms with E-state index in [0.717, 1.165) is 0 Å². The molecule has 0 radical (unpaired) electrons. The zero-order valence-electron chi connectivity index (χ0n) is 11.1. The number of carbonyl (C=O) groups excluding carboxylic acids is 1. The molecule has 20 heavy (non-hydrogen) atoms. The number of urea groups is 1. The Balaban J connectivity index is 1.71. The molecule has 2 amide bonds. The Hall–Kier alpha value is -2.63. The summed E-state index contributed by atoms with van der Waals surface area (Å²) < 4.78 is 15.6. The maximum Gasteiger partial charge on any atom is 0.317 e. The maximum atomic E-state index is 11.5. The van der Waals surface area contributed by atoms with Crippen molar-refractivity contribution in [1.29, 1.82) is 0 Å². The normalized spacial score (nSPS) is 9.85. The molecule has 0 fully saturated rings. The molecule has 2 N–H and O–H groups in total. The smallest absolute Gasteiger partial charge is 0.317 e. The van der Waals surface area contributed by atoms with Gasteiger partial charge in [0.1, 0.15) is 5.76 Å². The van der Waals surface area contributed by atoms with Crippen LogP contribution in [0, 0.1) is 0 Å². The summed E-state index contributed by atoms with van der Waals surface area (Å²) in [5.74, 6) is 1.87. The molecule has 0 bridgehead atoms. The number of carbonyl (C=O) groups is 1. The van der Waals surface area contributed by atoms with Crippen molar-refractivity contribution in [1.82, 2.24) is 10.6 Å². The van der Waals surface area contributed by atoms with Crippen molar-refractivity contribution in [2.45, 2.75) is 6.54 Å². The number of benzene rings is 1. The van der Waals surface area contributed by atoms with Gasteiger partial charge in [-0.3, -0.25) is 0 Å². The second-order valence-corrected chi connectivity index (χ2v) is 3.88. The highest BCUT2D eigenvalue weighted by Crippen LogP contribution is 2.25. The molecule has 2 aromatic rings. The quantitative estimate of drug-likeness (QED) is 0.793. The summed E-state index contributed by atoms with van der Waals surface area (Å²) in [6.45, 7) is 0.373. The topological polar surface area (TPSA) is 72.7 Å². The molecule has 0 aliphatic heterocycles. The second kappa shape index (κ2) is 7.08. The van der Waals surface area contributed by atoms with Crippen LogP contribution in [-0.2, 0) is 6.54 Å². The van der Waals surface area contributed by atoms with Crippen LogP contribution in [0.3, 0.4) is 0 Å². The zero-order valence-corrected chi connectivity index (χ0v) is 11.1. The first-order chi connectivity index (χ1) is 9.79. The van der Waals surface area contributed by atoms with Gasteiger partial charge in [-0.05, 0) is 24.3 Å². The number of rotatable bonds is 6. The van der Waals surface area contributed by atoms with E-state index in [9.17, 15) is 4.79 Å². The number of ether oxygens (including phenoxy) is 2. The van der Waals surface area contributed by atoms with Gasteiger partial charge < -0.3 is 24.5 Å². The van der Waals surface area contributed by atoms with Gasteiger partial charge in [0.2, 0.25) is 0 Å². The van der Waals surface area contributed by atoms with Crippen LogP contribution < -0.4 is 20.1 Å². The van der Waals surface area contributed by atoms with E-state index in [4.69, 9.17) is 13.9 Å². The van der Waals surface area contributed by atoms with Crippen molar-refractivity contribution >= 4 is 6.03 Å². The molecule has 0 spiro atoms. The largest absolute Gasteiger partial charge is 0.493 e. The number of amides is 2. The lowest BCUT2D eigenvalue weighted by Crippen LogP contribution is -2.37. The number of nitrogens with one attached hydrogen (secondary N) is 2. The minimum atomic E-state index is -0.337. The Morgan fingerprint density at radius 3 is 2.65 bits per heavy atom. The van der Waals surface area contributed by atoms with Gasteiger partial charge >= 0.3 is 6.03 Å². The molecule has 0 aliphatic carbocycles. The third-order valence-electron chi connectivity index (χ3n) is 2.53. The van der Waals surface area contributed by atoms with E-state index < -0.39 is 0 Å². The highest BCUT2D eigenvalue weighted by molar-refractivity contribution is 5.73. The molecule has 6 heteroatoms. The highest BCUT2D eigenvalue weighted by atomic mass is 16.5. The van der Waals surface area contributed by atoms with Crippen LogP contribution in [-0.4, -0.2) is 19.9 Å². The van der Waals surface area contributed by atoms with Crippen molar-refractivity contribution in [3.63, 3.8) is 0 Å². The average molecular weight is 276 g/mol. The van der Waals surface area contributed by atoms with E-state index >= 15 is 0 Å². The number of hydrogen-bond donors (Lipinski definition) is 2. The highest BCUT2D eigenvalue weighted by Gasteiger charge is 2.04. The summed E-state index contributed by atoms with van der Waals surface area (Å²) in [5.41, 5.74) is 0. The lowest BCUT2D eigenvalue weighted by molar-refractivity contribution is 0.220. The fourth-order valence-corrected chi connectivity index (χ4v) is 1.56. The minimum Gasteiger partial charge on any atom is -0.493 e. The molecule has 0 saturated heterocycles. The summed E-state index contributed by atoms with van der Waals surface area (Å²) >= 11 is 0. The van der Waals surface area contributed by atoms with Crippen LogP contribution in [0.4, 0.5) is 4.79 Å². The number of methoxy groups -OCH3 is 1. The van der Waals surface area contributed by atoms with Crippen LogP contribution in [0.1, 0.15) is 5.76 Å². The lowest BCUT2D eigenvalue weighted by atomic mass is 10.3. The molecule has 2 rings (SSSR count). The van der Waals surface area contributed by atoms with E-state index in [2.05, 4.69) is 10.6 Å². The first-order valence-electron chi connectivity index (χ1n) is 6.09. The molecule has 1 aromatic carbocycles. The van der Waals surface area contributed by atoms with E-state index in [0.29, 0.717) is 23.8 Å². The van der Waals surface area contributed by atoms with Gasteiger partial charge in [-0.15, -0.1) is 0 Å². The standard InChI is InChI=1S/C14H16N2O4/c1-18-12-6-2-3-7-13(12)20-10-16-14(17)15-9-11-5-4-8-19-11/h2-8H,9-10H2,1H3,(H2,15,16,17). The number of furan rings is 1. The van der Waals surface area contributed by atoms with Crippen LogP contribution in [0.2, 0.25) is 0 Å². The van der Waals surface area contributed by atoms with Gasteiger partial charge in [-0.2, -0.15) is 0 Å². The third-order valence-corrected chi connectivity index (χ3v) is 2.53. The van der Waals surface area contributed by atoms with E-state index in [1.807, 2.05) is 12.1 Å². The third kappa shape index (κ3) is 3.94. The molecule has 6 nitrogen and oxygen atoms in total. The predicted octanol–water partition coefficient (Wildman–Crippen LogP) is 2.12. The van der Waals surface area contributed by atoms with Crippen LogP contribution in [0.15, 0.2) is 47.1 Å². The minimum absolute atomic E-state index is 0.0460. The molecule has 0 saturated carbocycles. The molecule has 1 aromatic heterocycles. The van der Waals surface area contributed by atoms with Crippen LogP contribution in [0.25, 0.3) is 0 Å². The van der Waals surface area contributed by atoms with Gasteiger partial charge in [0.05, 0.1) is 19.9 Å². The van der Waals surface area contributed by atoms with E-state index in [1.165, 1.54) is 0 Å². The number of hydrogen-bond acceptors (Lipinski definition) is 4. The fourth-order valence-electron chi connectivity index (χ4n) is 1.56. The maximum absolute atomic E-state index is 11.5. The Labute approximate surface area is 116 Å². The first kappa shape index (κ1) is 13.8. The molecule has 106 valence electrons. The summed E-state index contributed by atoms with van der Waals surface area (Å²) in [7, 11) is 1.56. The van der Waals surface area contributed by atoms with E-state index in [1.54, 1.807) is 37.6 Å². The fraction of sp³-hybridized carbons (Fsp3) is 0.214. The van der Waals surface area contributed by atoms with Crippen LogP contribution in [0.5, 0.6) is 11.5 Å².